The number of hydrogen-bond acceptors (Lipinski definition) is 5. The first-order valence-electron chi connectivity index (χ1n) is 7.93. The Morgan fingerprint density at radius 2 is 2.17 bits per heavy atom. The van der Waals surface area contributed by atoms with Gasteiger partial charge in [-0.3, -0.25) is 5.32 Å². The zero-order valence-corrected chi connectivity index (χ0v) is 15.0. The molecule has 2 heterocycles. The quantitative estimate of drug-likeness (QED) is 0.928. The Balaban J connectivity index is 1.71. The van der Waals surface area contributed by atoms with Crippen molar-refractivity contribution in [3.63, 3.8) is 0 Å². The molecule has 0 bridgehead atoms. The number of carbonyl (C=O) groups is 1. The zero-order valence-electron chi connectivity index (χ0n) is 14.2. The summed E-state index contributed by atoms with van der Waals surface area (Å²) in [6, 6.07) is 7.84. The van der Waals surface area contributed by atoms with Gasteiger partial charge in [0.15, 0.2) is 5.13 Å². The van der Waals surface area contributed by atoms with Crippen molar-refractivity contribution < 1.29 is 9.53 Å². The molecular weight excluding hydrogens is 324 g/mol. The number of piperazine rings is 1. The molecule has 1 aliphatic rings. The van der Waals surface area contributed by atoms with Gasteiger partial charge in [0, 0.05) is 36.6 Å². The number of methoxy groups -OCH3 is 1. The molecule has 1 saturated heterocycles. The number of nitrogens with one attached hydrogen (secondary N) is 1. The van der Waals surface area contributed by atoms with Crippen LogP contribution in [0.2, 0.25) is 0 Å². The molecule has 0 radical (unpaired) electrons. The molecule has 0 spiro atoms. The van der Waals surface area contributed by atoms with Gasteiger partial charge in [0.25, 0.3) is 0 Å². The van der Waals surface area contributed by atoms with E-state index in [9.17, 15) is 4.79 Å². The highest BCUT2D eigenvalue weighted by Crippen LogP contribution is 2.32. The van der Waals surface area contributed by atoms with Crippen LogP contribution in [0.25, 0.3) is 11.3 Å². The minimum atomic E-state index is -0.0865. The van der Waals surface area contributed by atoms with Crippen LogP contribution in [0.1, 0.15) is 6.92 Å². The van der Waals surface area contributed by atoms with Gasteiger partial charge in [-0.15, -0.1) is 11.3 Å². The number of hydrogen-bond donors (Lipinski definition) is 1. The maximum absolute atomic E-state index is 12.5. The Kier molecular flexibility index (Phi) is 5.01. The fraction of sp³-hybridized carbons (Fsp3) is 0.412. The highest BCUT2D eigenvalue weighted by molar-refractivity contribution is 7.14. The second-order valence-electron chi connectivity index (χ2n) is 5.97. The van der Waals surface area contributed by atoms with Gasteiger partial charge in [-0.25, -0.2) is 9.78 Å². The van der Waals surface area contributed by atoms with Gasteiger partial charge in [-0.05, 0) is 26.1 Å². The van der Waals surface area contributed by atoms with Crippen molar-refractivity contribution in [1.29, 1.82) is 0 Å². The van der Waals surface area contributed by atoms with Crippen LogP contribution in [0.15, 0.2) is 29.6 Å². The van der Waals surface area contributed by atoms with Crippen molar-refractivity contribution in [1.82, 2.24) is 14.8 Å². The monoisotopic (exact) mass is 346 g/mol. The van der Waals surface area contributed by atoms with E-state index in [0.717, 1.165) is 36.6 Å². The lowest BCUT2D eigenvalue weighted by molar-refractivity contribution is 0.125. The van der Waals surface area contributed by atoms with E-state index in [4.69, 9.17) is 4.74 Å². The lowest BCUT2D eigenvalue weighted by atomic mass is 10.1. The standard InChI is InChI=1S/C17H22N4O2S/c1-12-10-20(2)8-9-21(12)17(22)19-16-18-14(11-24-16)13-6-4-5-7-15(13)23-3/h4-7,11-12H,8-10H2,1-3H3,(H,18,19,22)/t12-/m0/s1. The summed E-state index contributed by atoms with van der Waals surface area (Å²) in [5.74, 6) is 0.772. The molecule has 2 aromatic rings. The second-order valence-corrected chi connectivity index (χ2v) is 6.83. The zero-order chi connectivity index (χ0) is 17.1. The molecule has 0 aliphatic carbocycles. The number of benzene rings is 1. The Morgan fingerprint density at radius 1 is 1.38 bits per heavy atom. The molecule has 7 heteroatoms. The molecule has 0 unspecified atom stereocenters. The molecule has 3 rings (SSSR count). The van der Waals surface area contributed by atoms with Gasteiger partial charge in [-0.1, -0.05) is 12.1 Å². The highest BCUT2D eigenvalue weighted by Gasteiger charge is 2.26. The SMILES string of the molecule is COc1ccccc1-c1csc(NC(=O)N2CCN(C)C[C@@H]2C)n1. The Labute approximate surface area is 146 Å². The minimum absolute atomic E-state index is 0.0865. The van der Waals surface area contributed by atoms with Crippen molar-refractivity contribution in [3.8, 4) is 17.0 Å². The van der Waals surface area contributed by atoms with Gasteiger partial charge in [0.2, 0.25) is 0 Å². The number of carbonyl (C=O) groups excluding carboxylic acids is 1. The largest absolute Gasteiger partial charge is 0.496 e. The number of rotatable bonds is 3. The molecular formula is C17H22N4O2S. The van der Waals surface area contributed by atoms with E-state index < -0.39 is 0 Å². The number of thiazole rings is 1. The first-order valence-corrected chi connectivity index (χ1v) is 8.81. The molecule has 2 amide bonds. The van der Waals surface area contributed by atoms with Gasteiger partial charge < -0.3 is 14.5 Å². The second kappa shape index (κ2) is 7.19. The fourth-order valence-electron chi connectivity index (χ4n) is 2.92. The van der Waals surface area contributed by atoms with Crippen molar-refractivity contribution >= 4 is 22.5 Å². The fourth-order valence-corrected chi connectivity index (χ4v) is 3.62. The molecule has 6 nitrogen and oxygen atoms in total. The number of nitrogens with zero attached hydrogens (tertiary/aromatic N) is 3. The van der Waals surface area contributed by atoms with E-state index in [1.54, 1.807) is 7.11 Å². The average Bonchev–Trinajstić information content (AvgIpc) is 3.03. The molecule has 24 heavy (non-hydrogen) atoms. The van der Waals surface area contributed by atoms with E-state index in [-0.39, 0.29) is 12.1 Å². The van der Waals surface area contributed by atoms with E-state index >= 15 is 0 Å². The first kappa shape index (κ1) is 16.7. The molecule has 1 atom stereocenters. The predicted molar refractivity (Wildman–Crippen MR) is 96.8 cm³/mol. The molecule has 1 aromatic carbocycles. The van der Waals surface area contributed by atoms with Crippen LogP contribution in [0.4, 0.5) is 9.93 Å². The van der Waals surface area contributed by atoms with Crippen LogP contribution < -0.4 is 10.1 Å². The van der Waals surface area contributed by atoms with Crippen molar-refractivity contribution in [2.24, 2.45) is 0 Å². The minimum Gasteiger partial charge on any atom is -0.496 e. The molecule has 1 N–H and O–H groups in total. The van der Waals surface area contributed by atoms with Crippen LogP contribution in [0.3, 0.4) is 0 Å². The molecule has 1 aliphatic heterocycles. The third-order valence-corrected chi connectivity index (χ3v) is 4.95. The van der Waals surface area contributed by atoms with Crippen LogP contribution in [0.5, 0.6) is 5.75 Å². The smallest absolute Gasteiger partial charge is 0.323 e. The lowest BCUT2D eigenvalue weighted by Crippen LogP contribution is -2.53. The average molecular weight is 346 g/mol. The molecule has 1 aromatic heterocycles. The Bertz CT molecular complexity index is 718. The molecule has 1 fully saturated rings. The van der Waals surface area contributed by atoms with Crippen molar-refractivity contribution in [3.05, 3.63) is 29.6 Å². The van der Waals surface area contributed by atoms with Gasteiger partial charge >= 0.3 is 6.03 Å². The van der Waals surface area contributed by atoms with Crippen LogP contribution in [0, 0.1) is 0 Å². The van der Waals surface area contributed by atoms with Gasteiger partial charge in [-0.2, -0.15) is 0 Å². The molecule has 128 valence electrons. The third kappa shape index (κ3) is 3.52. The van der Waals surface area contributed by atoms with Crippen LogP contribution in [-0.2, 0) is 0 Å². The highest BCUT2D eigenvalue weighted by atomic mass is 32.1. The summed E-state index contributed by atoms with van der Waals surface area (Å²) in [6.45, 7) is 4.57. The van der Waals surface area contributed by atoms with Gasteiger partial charge in [0.05, 0.1) is 12.8 Å². The Morgan fingerprint density at radius 3 is 2.92 bits per heavy atom. The third-order valence-electron chi connectivity index (χ3n) is 4.19. The normalized spacial score (nSPS) is 18.5. The van der Waals surface area contributed by atoms with Crippen LogP contribution >= 0.6 is 11.3 Å². The number of aromatic nitrogens is 1. The van der Waals surface area contributed by atoms with E-state index in [1.165, 1.54) is 11.3 Å². The summed E-state index contributed by atoms with van der Waals surface area (Å²) >= 11 is 1.42. The summed E-state index contributed by atoms with van der Waals surface area (Å²) in [7, 11) is 3.72. The van der Waals surface area contributed by atoms with E-state index in [1.807, 2.05) is 34.5 Å². The lowest BCUT2D eigenvalue weighted by Gasteiger charge is -2.37. The summed E-state index contributed by atoms with van der Waals surface area (Å²) in [4.78, 5) is 21.1. The first-order chi connectivity index (χ1) is 11.6. The predicted octanol–water partition coefficient (Wildman–Crippen LogP) is 2.99. The number of anilines is 1. The van der Waals surface area contributed by atoms with Crippen molar-refractivity contribution in [2.45, 2.75) is 13.0 Å². The topological polar surface area (TPSA) is 57.7 Å². The van der Waals surface area contributed by atoms with Gasteiger partial charge in [0.1, 0.15) is 5.75 Å². The summed E-state index contributed by atoms with van der Waals surface area (Å²) in [6.07, 6.45) is 0. The maximum Gasteiger partial charge on any atom is 0.323 e. The summed E-state index contributed by atoms with van der Waals surface area (Å²) in [5, 5.41) is 5.45. The number of likely N-dealkylation sites (N-methyl/N-ethyl adjacent to an activating group) is 1. The summed E-state index contributed by atoms with van der Waals surface area (Å²) in [5.41, 5.74) is 1.73. The number of para-hydroxylation sites is 1. The number of ether oxygens (including phenoxy) is 1. The summed E-state index contributed by atoms with van der Waals surface area (Å²) < 4.78 is 5.37. The van der Waals surface area contributed by atoms with E-state index in [0.29, 0.717) is 5.13 Å². The Hall–Kier alpha value is -2.12. The number of amides is 2. The molecule has 0 saturated carbocycles. The van der Waals surface area contributed by atoms with Crippen LogP contribution in [-0.4, -0.2) is 60.6 Å². The van der Waals surface area contributed by atoms with Crippen molar-refractivity contribution in [2.75, 3.05) is 39.1 Å². The maximum atomic E-state index is 12.5. The van der Waals surface area contributed by atoms with E-state index in [2.05, 4.69) is 29.2 Å². The number of urea groups is 1.